The van der Waals surface area contributed by atoms with Crippen molar-refractivity contribution >= 4 is 13.7 Å². The van der Waals surface area contributed by atoms with Crippen LogP contribution in [0, 0.1) is 0 Å². The van der Waals surface area contributed by atoms with Crippen molar-refractivity contribution in [3.63, 3.8) is 0 Å². The lowest BCUT2D eigenvalue weighted by Crippen LogP contribution is -2.45. The molecule has 1 heterocycles. The number of phosphoric acid groups is 1. The average molecular weight is 758 g/mol. The van der Waals surface area contributed by atoms with Crippen molar-refractivity contribution in [2.75, 3.05) is 40.9 Å². The Labute approximate surface area is 319 Å². The summed E-state index contributed by atoms with van der Waals surface area (Å²) in [6.45, 7) is 4.75. The molecule has 0 radical (unpaired) electrons. The lowest BCUT2D eigenvalue weighted by atomic mass is 10.0. The van der Waals surface area contributed by atoms with Gasteiger partial charge in [0, 0.05) is 6.42 Å². The number of aliphatic hydroxyl groups is 1. The van der Waals surface area contributed by atoms with Gasteiger partial charge < -0.3 is 24.5 Å². The smallest absolute Gasteiger partial charge is 0.387 e. The van der Waals surface area contributed by atoms with Gasteiger partial charge >= 0.3 is 7.82 Å². The molecule has 0 aliphatic carbocycles. The highest BCUT2D eigenvalue weighted by Crippen LogP contribution is 2.43. The van der Waals surface area contributed by atoms with E-state index in [1.807, 2.05) is 27.2 Å². The van der Waals surface area contributed by atoms with Gasteiger partial charge in [0.15, 0.2) is 0 Å². The van der Waals surface area contributed by atoms with Crippen LogP contribution in [0.4, 0.5) is 0 Å². The summed E-state index contributed by atoms with van der Waals surface area (Å²) < 4.78 is 29.3. The van der Waals surface area contributed by atoms with E-state index in [4.69, 9.17) is 13.8 Å². The molecule has 1 rings (SSSR count). The fourth-order valence-corrected chi connectivity index (χ4v) is 7.02. The summed E-state index contributed by atoms with van der Waals surface area (Å²) in [5, 5.41) is 13.8. The predicted molar refractivity (Wildman–Crippen MR) is 216 cm³/mol. The molecule has 5 atom stereocenters. The Morgan fingerprint density at radius 3 is 1.92 bits per heavy atom. The van der Waals surface area contributed by atoms with Crippen molar-refractivity contribution < 1.29 is 37.6 Å². The van der Waals surface area contributed by atoms with E-state index < -0.39 is 20.0 Å². The maximum atomic E-state index is 12.9. The van der Waals surface area contributed by atoms with E-state index >= 15 is 0 Å². The molecular weight excluding hydrogens is 675 g/mol. The molecule has 0 aromatic carbocycles. The third-order valence-electron chi connectivity index (χ3n) is 9.84. The molecule has 3 N–H and O–H groups in total. The molecule has 52 heavy (non-hydrogen) atoms. The van der Waals surface area contributed by atoms with Crippen LogP contribution in [0.25, 0.3) is 0 Å². The highest BCUT2D eigenvalue weighted by Gasteiger charge is 2.36. The number of hydrogen-bond donors (Lipinski definition) is 3. The number of allylic oxidation sites excluding steroid dienone is 2. The molecule has 1 saturated heterocycles. The van der Waals surface area contributed by atoms with Crippen LogP contribution in [0.3, 0.4) is 0 Å². The van der Waals surface area contributed by atoms with Gasteiger partial charge in [0.2, 0.25) is 5.91 Å². The molecule has 0 spiro atoms. The lowest BCUT2D eigenvalue weighted by Gasteiger charge is -2.25. The lowest BCUT2D eigenvalue weighted by molar-refractivity contribution is -0.870. The number of epoxide rings is 1. The van der Waals surface area contributed by atoms with E-state index in [0.717, 1.165) is 64.2 Å². The summed E-state index contributed by atoms with van der Waals surface area (Å²) in [6.07, 6.45) is 36.8. The number of hydrogen-bond acceptors (Lipinski definition) is 6. The van der Waals surface area contributed by atoms with Crippen LogP contribution >= 0.6 is 7.82 Å². The van der Waals surface area contributed by atoms with Gasteiger partial charge in [-0.3, -0.25) is 13.8 Å². The van der Waals surface area contributed by atoms with Crippen molar-refractivity contribution in [1.82, 2.24) is 5.32 Å². The Hall–Kier alpha value is -1.06. The van der Waals surface area contributed by atoms with Crippen LogP contribution in [-0.4, -0.2) is 85.6 Å². The van der Waals surface area contributed by atoms with E-state index in [1.165, 1.54) is 89.9 Å². The molecule has 1 aliphatic rings. The number of nitrogens with one attached hydrogen (secondary N) is 1. The van der Waals surface area contributed by atoms with E-state index in [-0.39, 0.29) is 19.1 Å². The Morgan fingerprint density at radius 1 is 0.750 bits per heavy atom. The standard InChI is InChI=1S/C42H81N2O7P/c1-6-8-10-12-14-15-16-17-18-19-20-21-23-27-31-39(45)38(37-50-52(47,48)49-36-35-44(3,4)5)43-42(46)34-30-26-22-25-29-33-41-40(51-41)32-28-24-13-11-9-7-2/h24,27-28,31,38-41,45H,6-23,25-26,29-30,32-37H2,1-5H3,(H-,43,46,47,48)/p+1/b28-24-,31-27+/t38-,39+,40?,41?/m0/s1. The molecule has 0 saturated carbocycles. The van der Waals surface area contributed by atoms with Crippen LogP contribution in [0.15, 0.2) is 24.3 Å². The number of quaternary nitrogens is 1. The topological polar surface area (TPSA) is 118 Å². The maximum absolute atomic E-state index is 12.9. The monoisotopic (exact) mass is 758 g/mol. The first-order valence-corrected chi connectivity index (χ1v) is 22.8. The van der Waals surface area contributed by atoms with Crippen LogP contribution in [-0.2, 0) is 23.1 Å². The number of nitrogens with zero attached hydrogens (tertiary/aromatic N) is 1. The van der Waals surface area contributed by atoms with E-state index in [0.29, 0.717) is 29.7 Å². The zero-order valence-corrected chi connectivity index (χ0v) is 35.1. The van der Waals surface area contributed by atoms with E-state index in [9.17, 15) is 19.4 Å². The molecule has 0 aromatic rings. The number of unbranched alkanes of at least 4 members (excludes halogenated alkanes) is 19. The first-order chi connectivity index (χ1) is 25.0. The van der Waals surface area contributed by atoms with Gasteiger partial charge in [-0.1, -0.05) is 147 Å². The van der Waals surface area contributed by atoms with Crippen LogP contribution < -0.4 is 5.32 Å². The minimum absolute atomic E-state index is 0.0562. The number of amides is 1. The van der Waals surface area contributed by atoms with Gasteiger partial charge in [0.1, 0.15) is 13.2 Å². The fraction of sp³-hybridized carbons (Fsp3) is 0.881. The first-order valence-electron chi connectivity index (χ1n) is 21.3. The second-order valence-electron chi connectivity index (χ2n) is 16.1. The molecule has 9 nitrogen and oxygen atoms in total. The quantitative estimate of drug-likeness (QED) is 0.0190. The first kappa shape index (κ1) is 49.0. The molecular formula is C42H82N2O7P+. The van der Waals surface area contributed by atoms with Crippen molar-refractivity contribution in [2.45, 2.75) is 199 Å². The largest absolute Gasteiger partial charge is 0.472 e. The molecule has 1 amide bonds. The molecule has 0 bridgehead atoms. The predicted octanol–water partition coefficient (Wildman–Crippen LogP) is 10.3. The third-order valence-corrected chi connectivity index (χ3v) is 10.8. The van der Waals surface area contributed by atoms with Crippen molar-refractivity contribution in [1.29, 1.82) is 0 Å². The number of carbonyl (C=O) groups excluding carboxylic acids is 1. The molecule has 1 aliphatic heterocycles. The molecule has 3 unspecified atom stereocenters. The minimum atomic E-state index is -4.34. The Bertz CT molecular complexity index is 970. The maximum Gasteiger partial charge on any atom is 0.472 e. The Kier molecular flexibility index (Phi) is 29.4. The van der Waals surface area contributed by atoms with Gasteiger partial charge in [0.05, 0.1) is 52.1 Å². The van der Waals surface area contributed by atoms with Gasteiger partial charge in [0.25, 0.3) is 0 Å². The van der Waals surface area contributed by atoms with E-state index in [2.05, 4.69) is 31.3 Å². The summed E-state index contributed by atoms with van der Waals surface area (Å²) in [5.41, 5.74) is 0. The number of aliphatic hydroxyl groups excluding tert-OH is 1. The second kappa shape index (κ2) is 31.2. The highest BCUT2D eigenvalue weighted by molar-refractivity contribution is 7.47. The van der Waals surface area contributed by atoms with Gasteiger partial charge in [-0.25, -0.2) is 4.57 Å². The van der Waals surface area contributed by atoms with Gasteiger partial charge in [-0.15, -0.1) is 0 Å². The Balaban J connectivity index is 2.35. The van der Waals surface area contributed by atoms with Crippen molar-refractivity contribution in [3.05, 3.63) is 24.3 Å². The highest BCUT2D eigenvalue weighted by atomic mass is 31.2. The van der Waals surface area contributed by atoms with Crippen LogP contribution in [0.2, 0.25) is 0 Å². The second-order valence-corrected chi connectivity index (χ2v) is 17.6. The summed E-state index contributed by atoms with van der Waals surface area (Å²) in [6, 6.07) is -0.856. The summed E-state index contributed by atoms with van der Waals surface area (Å²) in [5.74, 6) is -0.197. The van der Waals surface area contributed by atoms with Crippen LogP contribution in [0.1, 0.15) is 174 Å². The summed E-state index contributed by atoms with van der Waals surface area (Å²) in [4.78, 5) is 23.1. The number of likely N-dealkylation sites (N-methyl/N-ethyl adjacent to an activating group) is 1. The van der Waals surface area contributed by atoms with E-state index in [1.54, 1.807) is 6.08 Å². The average Bonchev–Trinajstić information content (AvgIpc) is 3.84. The Morgan fingerprint density at radius 2 is 1.29 bits per heavy atom. The minimum Gasteiger partial charge on any atom is -0.387 e. The fourth-order valence-electron chi connectivity index (χ4n) is 6.28. The zero-order valence-electron chi connectivity index (χ0n) is 34.2. The number of rotatable bonds is 37. The molecule has 306 valence electrons. The molecule has 1 fully saturated rings. The zero-order chi connectivity index (χ0) is 38.3. The molecule has 10 heteroatoms. The van der Waals surface area contributed by atoms with Crippen molar-refractivity contribution in [2.24, 2.45) is 0 Å². The third kappa shape index (κ3) is 30.3. The number of phosphoric ester groups is 1. The number of ether oxygens (including phenoxy) is 1. The number of carbonyl (C=O) groups is 1. The van der Waals surface area contributed by atoms with Gasteiger partial charge in [-0.2, -0.15) is 0 Å². The van der Waals surface area contributed by atoms with Gasteiger partial charge in [-0.05, 0) is 44.9 Å². The normalized spacial score (nSPS) is 18.6. The van der Waals surface area contributed by atoms with Crippen molar-refractivity contribution in [3.8, 4) is 0 Å². The van der Waals surface area contributed by atoms with Crippen LogP contribution in [0.5, 0.6) is 0 Å². The SMILES string of the molecule is CCCCC/C=C\CC1OC1CCCCCCCC(=O)N[C@@H](COP(=O)(O)OCC[N+](C)(C)C)[C@H](O)/C=C/CCCCCCCCCCCCCC. The summed E-state index contributed by atoms with van der Waals surface area (Å²) >= 11 is 0. The summed E-state index contributed by atoms with van der Waals surface area (Å²) in [7, 11) is 1.55. The molecule has 0 aromatic heterocycles.